The fraction of sp³-hybridized carbons (Fsp3) is 0.357. The van der Waals surface area contributed by atoms with E-state index in [1.165, 1.54) is 11.3 Å². The Balaban J connectivity index is 1.99. The van der Waals surface area contributed by atoms with Gasteiger partial charge in [-0.2, -0.15) is 0 Å². The molecule has 2 N–H and O–H groups in total. The van der Waals surface area contributed by atoms with Crippen LogP contribution in [-0.2, 0) is 16.6 Å². The number of phenolic OH excluding ortho intramolecular Hbond substituents is 1. The maximum Gasteiger partial charge on any atom is 0.211 e. The molecule has 0 saturated heterocycles. The summed E-state index contributed by atoms with van der Waals surface area (Å²) in [5.41, 5.74) is 1.67. The summed E-state index contributed by atoms with van der Waals surface area (Å²) in [6, 6.07) is 6.75. The third kappa shape index (κ3) is 4.80. The van der Waals surface area contributed by atoms with E-state index < -0.39 is 10.0 Å². The van der Waals surface area contributed by atoms with Crippen LogP contribution in [0.5, 0.6) is 5.75 Å². The highest BCUT2D eigenvalue weighted by atomic mass is 32.2. The van der Waals surface area contributed by atoms with Crippen molar-refractivity contribution in [1.29, 1.82) is 0 Å². The van der Waals surface area contributed by atoms with Crippen molar-refractivity contribution in [3.8, 4) is 17.0 Å². The van der Waals surface area contributed by atoms with E-state index in [0.717, 1.165) is 22.7 Å². The summed E-state index contributed by atoms with van der Waals surface area (Å²) in [6.45, 7) is 2.18. The maximum atomic E-state index is 11.7. The molecule has 0 fully saturated rings. The summed E-state index contributed by atoms with van der Waals surface area (Å²) in [5.74, 6) is 0.359. The monoisotopic (exact) mass is 326 g/mol. The SMILES string of the molecule is CCCCS(=O)(=O)NCc1nc(-c2ccc(O)cc2)cs1. The first-order valence-corrected chi connectivity index (χ1v) is 9.24. The lowest BCUT2D eigenvalue weighted by Gasteiger charge is -2.03. The molecule has 0 radical (unpaired) electrons. The normalized spacial score (nSPS) is 11.7. The van der Waals surface area contributed by atoms with Crippen LogP contribution in [0.15, 0.2) is 29.6 Å². The number of benzene rings is 1. The molecule has 0 aliphatic heterocycles. The molecule has 114 valence electrons. The van der Waals surface area contributed by atoms with Gasteiger partial charge in [0.25, 0.3) is 0 Å². The van der Waals surface area contributed by atoms with Crippen LogP contribution in [0.4, 0.5) is 0 Å². The number of rotatable bonds is 7. The van der Waals surface area contributed by atoms with E-state index in [9.17, 15) is 13.5 Å². The van der Waals surface area contributed by atoms with E-state index in [2.05, 4.69) is 9.71 Å². The van der Waals surface area contributed by atoms with E-state index in [0.29, 0.717) is 6.42 Å². The van der Waals surface area contributed by atoms with Crippen molar-refractivity contribution in [3.63, 3.8) is 0 Å². The fourth-order valence-corrected chi connectivity index (χ4v) is 3.74. The third-order valence-electron chi connectivity index (χ3n) is 2.92. The standard InChI is InChI=1S/C14H18N2O3S2/c1-2-3-8-21(18,19)15-9-14-16-13(10-20-14)11-4-6-12(17)7-5-11/h4-7,10,15,17H,2-3,8-9H2,1H3. The highest BCUT2D eigenvalue weighted by Gasteiger charge is 2.11. The first-order chi connectivity index (χ1) is 10.00. The molecule has 0 unspecified atom stereocenters. The van der Waals surface area contributed by atoms with Gasteiger partial charge >= 0.3 is 0 Å². The second kappa shape index (κ2) is 7.02. The number of phenols is 1. The van der Waals surface area contributed by atoms with E-state index in [1.54, 1.807) is 24.3 Å². The van der Waals surface area contributed by atoms with Crippen LogP contribution in [0.3, 0.4) is 0 Å². The number of aromatic nitrogens is 1. The lowest BCUT2D eigenvalue weighted by molar-refractivity contribution is 0.475. The van der Waals surface area contributed by atoms with Gasteiger partial charge in [-0.05, 0) is 30.7 Å². The predicted molar refractivity (Wildman–Crippen MR) is 84.7 cm³/mol. The Bertz CT molecular complexity index is 678. The van der Waals surface area contributed by atoms with Crippen LogP contribution in [0.1, 0.15) is 24.8 Å². The number of nitrogens with zero attached hydrogens (tertiary/aromatic N) is 1. The van der Waals surface area contributed by atoms with Gasteiger partial charge in [-0.1, -0.05) is 13.3 Å². The van der Waals surface area contributed by atoms with Crippen LogP contribution < -0.4 is 4.72 Å². The van der Waals surface area contributed by atoms with E-state index in [-0.39, 0.29) is 18.0 Å². The molecule has 1 aromatic carbocycles. The molecule has 5 nitrogen and oxygen atoms in total. The lowest BCUT2D eigenvalue weighted by Crippen LogP contribution is -2.25. The number of unbranched alkanes of at least 4 members (excludes halogenated alkanes) is 1. The van der Waals surface area contributed by atoms with Crippen molar-refractivity contribution < 1.29 is 13.5 Å². The largest absolute Gasteiger partial charge is 0.508 e. The van der Waals surface area contributed by atoms with Gasteiger partial charge < -0.3 is 5.11 Å². The molecule has 1 heterocycles. The molecule has 0 bridgehead atoms. The molecule has 0 atom stereocenters. The minimum Gasteiger partial charge on any atom is -0.508 e. The Kier molecular flexibility index (Phi) is 5.33. The van der Waals surface area contributed by atoms with Crippen molar-refractivity contribution in [2.24, 2.45) is 0 Å². The average Bonchev–Trinajstić information content (AvgIpc) is 2.93. The van der Waals surface area contributed by atoms with E-state index in [4.69, 9.17) is 0 Å². The average molecular weight is 326 g/mol. The molecule has 7 heteroatoms. The van der Waals surface area contributed by atoms with Gasteiger partial charge in [-0.3, -0.25) is 0 Å². The summed E-state index contributed by atoms with van der Waals surface area (Å²) < 4.78 is 26.0. The molecular formula is C14H18N2O3S2. The third-order valence-corrected chi connectivity index (χ3v) is 5.18. The van der Waals surface area contributed by atoms with Crippen molar-refractivity contribution in [2.45, 2.75) is 26.3 Å². The van der Waals surface area contributed by atoms with Crippen molar-refractivity contribution in [1.82, 2.24) is 9.71 Å². The zero-order valence-corrected chi connectivity index (χ0v) is 13.4. The number of sulfonamides is 1. The van der Waals surface area contributed by atoms with Gasteiger partial charge in [0, 0.05) is 10.9 Å². The zero-order valence-electron chi connectivity index (χ0n) is 11.7. The minimum atomic E-state index is -3.22. The summed E-state index contributed by atoms with van der Waals surface area (Å²) >= 11 is 1.41. The van der Waals surface area contributed by atoms with E-state index in [1.807, 2.05) is 12.3 Å². The Labute approximate surface area is 128 Å². The van der Waals surface area contributed by atoms with Gasteiger partial charge in [0.2, 0.25) is 10.0 Å². The lowest BCUT2D eigenvalue weighted by atomic mass is 10.2. The Morgan fingerprint density at radius 1 is 1.29 bits per heavy atom. The second-order valence-corrected chi connectivity index (χ2v) is 7.54. The van der Waals surface area contributed by atoms with Gasteiger partial charge in [0.05, 0.1) is 18.0 Å². The quantitative estimate of drug-likeness (QED) is 0.820. The summed E-state index contributed by atoms with van der Waals surface area (Å²) in [7, 11) is -3.22. The molecule has 0 aliphatic rings. The van der Waals surface area contributed by atoms with Crippen molar-refractivity contribution in [2.75, 3.05) is 5.75 Å². The zero-order chi connectivity index (χ0) is 15.3. The number of hydrogen-bond donors (Lipinski definition) is 2. The molecule has 0 saturated carbocycles. The topological polar surface area (TPSA) is 79.3 Å². The first kappa shape index (κ1) is 15.9. The van der Waals surface area contributed by atoms with Crippen LogP contribution in [0.2, 0.25) is 0 Å². The Morgan fingerprint density at radius 3 is 2.67 bits per heavy atom. The van der Waals surface area contributed by atoms with Crippen LogP contribution >= 0.6 is 11.3 Å². The predicted octanol–water partition coefficient (Wildman–Crippen LogP) is 2.74. The molecule has 0 aliphatic carbocycles. The fourth-order valence-electron chi connectivity index (χ4n) is 1.74. The second-order valence-electron chi connectivity index (χ2n) is 4.67. The van der Waals surface area contributed by atoms with Crippen molar-refractivity contribution in [3.05, 3.63) is 34.7 Å². The molecule has 0 spiro atoms. The van der Waals surface area contributed by atoms with Gasteiger partial charge in [-0.15, -0.1) is 11.3 Å². The molecule has 2 rings (SSSR count). The van der Waals surface area contributed by atoms with Crippen LogP contribution in [-0.4, -0.2) is 24.3 Å². The molecular weight excluding hydrogens is 308 g/mol. The summed E-state index contributed by atoms with van der Waals surface area (Å²) in [4.78, 5) is 4.40. The molecule has 2 aromatic rings. The smallest absolute Gasteiger partial charge is 0.211 e. The van der Waals surface area contributed by atoms with Crippen LogP contribution in [0.25, 0.3) is 11.3 Å². The van der Waals surface area contributed by atoms with Gasteiger partial charge in [0.15, 0.2) is 0 Å². The van der Waals surface area contributed by atoms with Crippen LogP contribution in [0, 0.1) is 0 Å². The number of aromatic hydroxyl groups is 1. The molecule has 0 amide bonds. The summed E-state index contributed by atoms with van der Waals surface area (Å²) in [6.07, 6.45) is 1.51. The number of nitrogens with one attached hydrogen (secondary N) is 1. The highest BCUT2D eigenvalue weighted by molar-refractivity contribution is 7.89. The van der Waals surface area contributed by atoms with E-state index >= 15 is 0 Å². The summed E-state index contributed by atoms with van der Waals surface area (Å²) in [5, 5.41) is 11.9. The maximum absolute atomic E-state index is 11.7. The van der Waals surface area contributed by atoms with Gasteiger partial charge in [-0.25, -0.2) is 18.1 Å². The molecule has 1 aromatic heterocycles. The van der Waals surface area contributed by atoms with Crippen molar-refractivity contribution >= 4 is 21.4 Å². The number of thiazole rings is 1. The molecule has 21 heavy (non-hydrogen) atoms. The Morgan fingerprint density at radius 2 is 2.00 bits per heavy atom. The Hall–Kier alpha value is -1.44. The first-order valence-electron chi connectivity index (χ1n) is 6.71. The minimum absolute atomic E-state index is 0.152. The highest BCUT2D eigenvalue weighted by Crippen LogP contribution is 2.23. The van der Waals surface area contributed by atoms with Gasteiger partial charge in [0.1, 0.15) is 10.8 Å². The number of hydrogen-bond acceptors (Lipinski definition) is 5.